The van der Waals surface area contributed by atoms with Crippen LogP contribution >= 0.6 is 0 Å². The van der Waals surface area contributed by atoms with Gasteiger partial charge in [-0.1, -0.05) is 45.6 Å². The van der Waals surface area contributed by atoms with E-state index in [2.05, 4.69) is 20.9 Å². The first-order valence-corrected chi connectivity index (χ1v) is 13.4. The molecule has 0 bridgehead atoms. The highest BCUT2D eigenvalue weighted by atomic mass is 19.1. The van der Waals surface area contributed by atoms with E-state index in [1.807, 2.05) is 14.0 Å². The Kier molecular flexibility index (Phi) is 10.7. The highest BCUT2D eigenvalue weighted by Gasteiger charge is 2.33. The molecule has 1 aromatic rings. The van der Waals surface area contributed by atoms with E-state index < -0.39 is 17.8 Å². The molecule has 1 aliphatic heterocycles. The highest BCUT2D eigenvalue weighted by Crippen LogP contribution is 2.26. The minimum Gasteiger partial charge on any atom is -0.344 e. The molecule has 1 heterocycles. The molecule has 0 radical (unpaired) electrons. The Labute approximate surface area is 214 Å². The monoisotopic (exact) mass is 503 g/mol. The van der Waals surface area contributed by atoms with Crippen LogP contribution in [0.1, 0.15) is 70.3 Å². The summed E-state index contributed by atoms with van der Waals surface area (Å²) in [6.45, 7) is 6.42. The molecule has 9 heteroatoms. The Balaban J connectivity index is 1.64. The summed E-state index contributed by atoms with van der Waals surface area (Å²) in [7, 11) is 2.01. The van der Waals surface area contributed by atoms with Gasteiger partial charge in [-0.3, -0.25) is 14.4 Å². The van der Waals surface area contributed by atoms with Crippen LogP contribution in [0.3, 0.4) is 0 Å². The molecule has 1 aliphatic carbocycles. The van der Waals surface area contributed by atoms with Crippen molar-refractivity contribution in [2.75, 3.05) is 45.1 Å². The van der Waals surface area contributed by atoms with E-state index in [1.165, 1.54) is 37.8 Å². The van der Waals surface area contributed by atoms with Crippen LogP contribution in [0.2, 0.25) is 0 Å². The molecule has 0 spiro atoms. The standard InChI is InChI=1S/C27H42FN5O3/c1-4-24(34)31-26(27(36)33-15-13-32(3)14-16-33)19(2)20-11-12-23(22(28)17-20)30-25(35)18-29-21-9-7-5-6-8-10-21/h11-12,17,19,21,26,29H,4-10,13-16,18H2,1-3H3,(H,30,35)(H,31,34)/t19-,26+/m0/s1. The van der Waals surface area contributed by atoms with Crippen molar-refractivity contribution in [1.29, 1.82) is 0 Å². The molecule has 2 fully saturated rings. The lowest BCUT2D eigenvalue weighted by atomic mass is 9.91. The SMILES string of the molecule is CCC(=O)N[C@@H](C(=O)N1CCN(C)CC1)[C@@H](C)c1ccc(NC(=O)CNC2CCCCCC2)c(F)c1. The normalized spacial score (nSPS) is 19.3. The number of nitrogens with one attached hydrogen (secondary N) is 3. The molecular formula is C27H42FN5O3. The predicted octanol–water partition coefficient (Wildman–Crippen LogP) is 2.85. The Morgan fingerprint density at radius 1 is 1.03 bits per heavy atom. The zero-order chi connectivity index (χ0) is 26.1. The van der Waals surface area contributed by atoms with Crippen molar-refractivity contribution < 1.29 is 18.8 Å². The fourth-order valence-corrected chi connectivity index (χ4v) is 4.92. The zero-order valence-corrected chi connectivity index (χ0v) is 21.9. The van der Waals surface area contributed by atoms with Gasteiger partial charge in [-0.05, 0) is 37.6 Å². The van der Waals surface area contributed by atoms with Gasteiger partial charge in [-0.2, -0.15) is 0 Å². The maximum atomic E-state index is 15.0. The van der Waals surface area contributed by atoms with Gasteiger partial charge >= 0.3 is 0 Å². The predicted molar refractivity (Wildman–Crippen MR) is 139 cm³/mol. The number of likely N-dealkylation sites (N-methyl/N-ethyl adjacent to an activating group) is 1. The van der Waals surface area contributed by atoms with Crippen LogP contribution in [0.25, 0.3) is 0 Å². The van der Waals surface area contributed by atoms with Crippen molar-refractivity contribution in [3.63, 3.8) is 0 Å². The number of benzene rings is 1. The molecule has 3 N–H and O–H groups in total. The van der Waals surface area contributed by atoms with Crippen molar-refractivity contribution in [1.82, 2.24) is 20.4 Å². The number of rotatable bonds is 9. The third kappa shape index (κ3) is 8.00. The van der Waals surface area contributed by atoms with Crippen molar-refractivity contribution in [2.45, 2.75) is 76.8 Å². The lowest BCUT2D eigenvalue weighted by molar-refractivity contribution is -0.138. The summed E-state index contributed by atoms with van der Waals surface area (Å²) in [5.41, 5.74) is 0.698. The van der Waals surface area contributed by atoms with Crippen molar-refractivity contribution >= 4 is 23.4 Å². The van der Waals surface area contributed by atoms with E-state index >= 15 is 0 Å². The Bertz CT molecular complexity index is 895. The van der Waals surface area contributed by atoms with E-state index in [9.17, 15) is 18.8 Å². The van der Waals surface area contributed by atoms with E-state index in [4.69, 9.17) is 0 Å². The lowest BCUT2D eigenvalue weighted by Gasteiger charge is -2.36. The molecule has 1 saturated carbocycles. The van der Waals surface area contributed by atoms with Gasteiger partial charge in [-0.15, -0.1) is 0 Å². The van der Waals surface area contributed by atoms with Gasteiger partial charge in [0.05, 0.1) is 12.2 Å². The Morgan fingerprint density at radius 2 is 1.69 bits per heavy atom. The summed E-state index contributed by atoms with van der Waals surface area (Å²) in [6.07, 6.45) is 7.21. The van der Waals surface area contributed by atoms with Crippen molar-refractivity contribution in [3.8, 4) is 0 Å². The van der Waals surface area contributed by atoms with Crippen LogP contribution in [-0.4, -0.2) is 79.4 Å². The molecule has 3 amide bonds. The number of hydrogen-bond acceptors (Lipinski definition) is 5. The molecule has 36 heavy (non-hydrogen) atoms. The molecule has 8 nitrogen and oxygen atoms in total. The lowest BCUT2D eigenvalue weighted by Crippen LogP contribution is -2.55. The largest absolute Gasteiger partial charge is 0.344 e. The van der Waals surface area contributed by atoms with Gasteiger partial charge in [0.25, 0.3) is 0 Å². The molecule has 3 rings (SSSR count). The molecule has 2 aliphatic rings. The Morgan fingerprint density at radius 3 is 2.31 bits per heavy atom. The second-order valence-corrected chi connectivity index (χ2v) is 10.2. The topological polar surface area (TPSA) is 93.8 Å². The molecule has 0 unspecified atom stereocenters. The van der Waals surface area contributed by atoms with Gasteiger partial charge in [0.2, 0.25) is 17.7 Å². The number of carbonyl (C=O) groups is 3. The summed E-state index contributed by atoms with van der Waals surface area (Å²) in [6, 6.07) is 4.14. The highest BCUT2D eigenvalue weighted by molar-refractivity contribution is 5.92. The molecular weight excluding hydrogens is 461 g/mol. The minimum atomic E-state index is -0.788. The number of amides is 3. The van der Waals surface area contributed by atoms with Crippen LogP contribution in [0, 0.1) is 5.82 Å². The smallest absolute Gasteiger partial charge is 0.245 e. The van der Waals surface area contributed by atoms with Crippen LogP contribution in [0.5, 0.6) is 0 Å². The van der Waals surface area contributed by atoms with Gasteiger partial charge in [0.1, 0.15) is 11.9 Å². The van der Waals surface area contributed by atoms with E-state index in [0.29, 0.717) is 24.7 Å². The molecule has 1 aromatic carbocycles. The van der Waals surface area contributed by atoms with E-state index in [0.717, 1.165) is 25.9 Å². The fourth-order valence-electron chi connectivity index (χ4n) is 4.92. The van der Waals surface area contributed by atoms with Gasteiger partial charge in [-0.25, -0.2) is 4.39 Å². The van der Waals surface area contributed by atoms with Gasteiger partial charge in [0.15, 0.2) is 0 Å². The van der Waals surface area contributed by atoms with Crippen molar-refractivity contribution in [3.05, 3.63) is 29.6 Å². The second-order valence-electron chi connectivity index (χ2n) is 10.2. The second kappa shape index (κ2) is 13.7. The number of nitrogens with zero attached hydrogens (tertiary/aromatic N) is 2. The summed E-state index contributed by atoms with van der Waals surface area (Å²) in [5.74, 6) is -1.66. The first-order chi connectivity index (χ1) is 17.3. The van der Waals surface area contributed by atoms with Crippen LogP contribution in [-0.2, 0) is 14.4 Å². The Hall–Kier alpha value is -2.52. The van der Waals surface area contributed by atoms with Gasteiger partial charge in [0, 0.05) is 44.6 Å². The van der Waals surface area contributed by atoms with Crippen LogP contribution in [0.15, 0.2) is 18.2 Å². The quantitative estimate of drug-likeness (QED) is 0.451. The number of halogens is 1. The number of carbonyl (C=O) groups excluding carboxylic acids is 3. The molecule has 200 valence electrons. The maximum Gasteiger partial charge on any atom is 0.245 e. The fraction of sp³-hybridized carbons (Fsp3) is 0.667. The third-order valence-electron chi connectivity index (χ3n) is 7.42. The third-order valence-corrected chi connectivity index (χ3v) is 7.42. The summed E-state index contributed by atoms with van der Waals surface area (Å²) in [5, 5.41) is 8.80. The van der Waals surface area contributed by atoms with E-state index in [-0.39, 0.29) is 36.4 Å². The summed E-state index contributed by atoms with van der Waals surface area (Å²) >= 11 is 0. The minimum absolute atomic E-state index is 0.109. The average molecular weight is 504 g/mol. The number of anilines is 1. The molecule has 1 saturated heterocycles. The molecule has 2 atom stereocenters. The number of hydrogen-bond donors (Lipinski definition) is 3. The van der Waals surface area contributed by atoms with Crippen LogP contribution < -0.4 is 16.0 Å². The van der Waals surface area contributed by atoms with Gasteiger partial charge < -0.3 is 25.8 Å². The zero-order valence-electron chi connectivity index (χ0n) is 21.9. The first kappa shape index (κ1) is 28.1. The van der Waals surface area contributed by atoms with Crippen LogP contribution in [0.4, 0.5) is 10.1 Å². The number of piperazine rings is 1. The maximum absolute atomic E-state index is 15.0. The summed E-state index contributed by atoms with van der Waals surface area (Å²) in [4.78, 5) is 41.9. The van der Waals surface area contributed by atoms with E-state index in [1.54, 1.807) is 17.9 Å². The summed E-state index contributed by atoms with van der Waals surface area (Å²) < 4.78 is 15.0. The first-order valence-electron chi connectivity index (χ1n) is 13.4. The van der Waals surface area contributed by atoms with Crippen molar-refractivity contribution in [2.24, 2.45) is 0 Å². The average Bonchev–Trinajstić information content (AvgIpc) is 3.15. The molecule has 0 aromatic heterocycles.